The number of anilines is 2. The van der Waals surface area contributed by atoms with E-state index in [0.29, 0.717) is 18.0 Å². The number of nitrogens with one attached hydrogen (secondary N) is 2. The molecule has 0 bridgehead atoms. The Labute approximate surface area is 92.7 Å². The Balaban J connectivity index is 2.20. The molecule has 0 fully saturated rings. The average molecular weight is 216 g/mol. The molecule has 82 valence electrons. The molecular weight excluding hydrogens is 204 g/mol. The minimum atomic E-state index is 0.212. The highest BCUT2D eigenvalue weighted by Gasteiger charge is 2.06. The zero-order valence-electron chi connectivity index (χ0n) is 8.91. The molecule has 4 N–H and O–H groups in total. The molecule has 0 aliphatic carbocycles. The second kappa shape index (κ2) is 4.49. The molecule has 6 nitrogen and oxygen atoms in total. The Morgan fingerprint density at radius 1 is 1.50 bits per heavy atom. The molecule has 0 saturated heterocycles. The van der Waals surface area contributed by atoms with Crippen molar-refractivity contribution in [3.8, 4) is 11.8 Å². The molecule has 0 aromatic carbocycles. The standard InChI is InChI=1S/C10H12N6/c1-2-3-4-5-12-8-7-9(14-6-13-7)16-10(11)15-8/h6H,4-5H2,1H3,(H4,11,12,13,14,15,16). The molecule has 2 heterocycles. The van der Waals surface area contributed by atoms with E-state index in [1.54, 1.807) is 6.33 Å². The second-order valence-electron chi connectivity index (χ2n) is 3.14. The molecule has 6 heteroatoms. The van der Waals surface area contributed by atoms with Gasteiger partial charge in [0.25, 0.3) is 0 Å². The molecule has 2 aromatic heterocycles. The third kappa shape index (κ3) is 2.03. The Morgan fingerprint density at radius 3 is 3.19 bits per heavy atom. The molecule has 0 aliphatic heterocycles. The number of fused-ring (bicyclic) bond motifs is 1. The molecule has 0 unspecified atom stereocenters. The minimum absolute atomic E-state index is 0.212. The molecule has 0 saturated carbocycles. The third-order valence-corrected chi connectivity index (χ3v) is 2.02. The van der Waals surface area contributed by atoms with Crippen LogP contribution in [0.3, 0.4) is 0 Å². The van der Waals surface area contributed by atoms with Gasteiger partial charge in [-0.25, -0.2) is 4.98 Å². The van der Waals surface area contributed by atoms with Gasteiger partial charge in [-0.2, -0.15) is 9.97 Å². The second-order valence-corrected chi connectivity index (χ2v) is 3.14. The van der Waals surface area contributed by atoms with Crippen molar-refractivity contribution < 1.29 is 0 Å². The fourth-order valence-corrected chi connectivity index (χ4v) is 1.35. The van der Waals surface area contributed by atoms with E-state index in [1.807, 2.05) is 6.92 Å². The predicted molar refractivity (Wildman–Crippen MR) is 62.7 cm³/mol. The summed E-state index contributed by atoms with van der Waals surface area (Å²) in [5.74, 6) is 6.67. The quantitative estimate of drug-likeness (QED) is 0.520. The van der Waals surface area contributed by atoms with E-state index in [0.717, 1.165) is 11.9 Å². The largest absolute Gasteiger partial charge is 0.368 e. The van der Waals surface area contributed by atoms with Crippen LogP contribution in [0.1, 0.15) is 13.3 Å². The number of nitrogens with zero attached hydrogens (tertiary/aromatic N) is 3. The van der Waals surface area contributed by atoms with E-state index >= 15 is 0 Å². The van der Waals surface area contributed by atoms with Crippen LogP contribution in [0.2, 0.25) is 0 Å². The summed E-state index contributed by atoms with van der Waals surface area (Å²) in [5, 5.41) is 3.14. The van der Waals surface area contributed by atoms with Crippen molar-refractivity contribution in [2.45, 2.75) is 13.3 Å². The van der Waals surface area contributed by atoms with Gasteiger partial charge in [0, 0.05) is 13.0 Å². The number of H-pyrrole nitrogens is 1. The van der Waals surface area contributed by atoms with Crippen molar-refractivity contribution in [2.24, 2.45) is 0 Å². The van der Waals surface area contributed by atoms with Crippen LogP contribution in [0.25, 0.3) is 11.2 Å². The molecular formula is C10H12N6. The predicted octanol–water partition coefficient (Wildman–Crippen LogP) is 0.760. The smallest absolute Gasteiger partial charge is 0.224 e. The van der Waals surface area contributed by atoms with Gasteiger partial charge in [-0.15, -0.1) is 11.8 Å². The van der Waals surface area contributed by atoms with Crippen LogP contribution in [0.5, 0.6) is 0 Å². The number of aromatic amines is 1. The van der Waals surface area contributed by atoms with Crippen molar-refractivity contribution in [1.29, 1.82) is 0 Å². The maximum Gasteiger partial charge on any atom is 0.224 e. The van der Waals surface area contributed by atoms with Crippen LogP contribution in [0.4, 0.5) is 11.8 Å². The maximum atomic E-state index is 5.57. The lowest BCUT2D eigenvalue weighted by Crippen LogP contribution is -2.06. The lowest BCUT2D eigenvalue weighted by Gasteiger charge is -2.04. The number of hydrogen-bond acceptors (Lipinski definition) is 5. The van der Waals surface area contributed by atoms with Crippen LogP contribution in [0.15, 0.2) is 6.33 Å². The van der Waals surface area contributed by atoms with Gasteiger partial charge in [-0.05, 0) is 6.92 Å². The summed E-state index contributed by atoms with van der Waals surface area (Å²) >= 11 is 0. The van der Waals surface area contributed by atoms with Crippen molar-refractivity contribution in [2.75, 3.05) is 17.6 Å². The van der Waals surface area contributed by atoms with Gasteiger partial charge in [-0.1, -0.05) is 0 Å². The molecule has 0 radical (unpaired) electrons. The average Bonchev–Trinajstić information content (AvgIpc) is 2.72. The van der Waals surface area contributed by atoms with E-state index in [-0.39, 0.29) is 5.95 Å². The van der Waals surface area contributed by atoms with Gasteiger partial charge >= 0.3 is 0 Å². The Bertz CT molecular complexity index is 547. The van der Waals surface area contributed by atoms with Crippen molar-refractivity contribution in [1.82, 2.24) is 19.9 Å². The van der Waals surface area contributed by atoms with E-state index in [2.05, 4.69) is 37.1 Å². The molecule has 0 spiro atoms. The van der Waals surface area contributed by atoms with E-state index in [9.17, 15) is 0 Å². The van der Waals surface area contributed by atoms with Gasteiger partial charge in [0.15, 0.2) is 11.5 Å². The number of imidazole rings is 1. The van der Waals surface area contributed by atoms with Crippen molar-refractivity contribution in [3.05, 3.63) is 6.33 Å². The van der Waals surface area contributed by atoms with Crippen molar-refractivity contribution in [3.63, 3.8) is 0 Å². The number of hydrogen-bond donors (Lipinski definition) is 3. The fraction of sp³-hybridized carbons (Fsp3) is 0.300. The molecule has 0 aliphatic rings. The van der Waals surface area contributed by atoms with Crippen LogP contribution >= 0.6 is 0 Å². The lowest BCUT2D eigenvalue weighted by molar-refractivity contribution is 1.07. The monoisotopic (exact) mass is 216 g/mol. The zero-order valence-corrected chi connectivity index (χ0v) is 8.91. The number of rotatable bonds is 3. The molecule has 0 amide bonds. The fourth-order valence-electron chi connectivity index (χ4n) is 1.35. The van der Waals surface area contributed by atoms with Gasteiger partial charge < -0.3 is 16.0 Å². The van der Waals surface area contributed by atoms with Crippen LogP contribution in [-0.4, -0.2) is 26.5 Å². The topological polar surface area (TPSA) is 92.5 Å². The van der Waals surface area contributed by atoms with Gasteiger partial charge in [-0.3, -0.25) is 0 Å². The van der Waals surface area contributed by atoms with Crippen LogP contribution in [-0.2, 0) is 0 Å². The summed E-state index contributed by atoms with van der Waals surface area (Å²) < 4.78 is 0. The van der Waals surface area contributed by atoms with E-state index in [1.165, 1.54) is 0 Å². The highest BCUT2D eigenvalue weighted by molar-refractivity contribution is 5.83. The highest BCUT2D eigenvalue weighted by atomic mass is 15.1. The Kier molecular flexibility index (Phi) is 2.87. The van der Waals surface area contributed by atoms with Crippen LogP contribution in [0, 0.1) is 11.8 Å². The van der Waals surface area contributed by atoms with Gasteiger partial charge in [0.2, 0.25) is 5.95 Å². The summed E-state index contributed by atoms with van der Waals surface area (Å²) in [5.41, 5.74) is 6.90. The summed E-state index contributed by atoms with van der Waals surface area (Å²) in [7, 11) is 0. The normalized spacial score (nSPS) is 9.81. The first kappa shape index (κ1) is 10.2. The zero-order chi connectivity index (χ0) is 11.4. The Morgan fingerprint density at radius 2 is 2.38 bits per heavy atom. The summed E-state index contributed by atoms with van der Waals surface area (Å²) in [6.45, 7) is 2.53. The lowest BCUT2D eigenvalue weighted by atomic mass is 10.4. The van der Waals surface area contributed by atoms with Crippen molar-refractivity contribution >= 4 is 22.9 Å². The number of nitrogen functional groups attached to an aromatic ring is 1. The third-order valence-electron chi connectivity index (χ3n) is 2.02. The van der Waals surface area contributed by atoms with Gasteiger partial charge in [0.05, 0.1) is 6.33 Å². The molecule has 0 atom stereocenters. The summed E-state index contributed by atoms with van der Waals surface area (Å²) in [6.07, 6.45) is 2.33. The summed E-state index contributed by atoms with van der Waals surface area (Å²) in [6, 6.07) is 0. The molecule has 16 heavy (non-hydrogen) atoms. The SMILES string of the molecule is CC#CCCNc1nc(N)nc2nc[nH]c12. The van der Waals surface area contributed by atoms with Crippen LogP contribution < -0.4 is 11.1 Å². The molecule has 2 aromatic rings. The first-order valence-electron chi connectivity index (χ1n) is 4.91. The number of nitrogens with two attached hydrogens (primary N) is 1. The Hall–Kier alpha value is -2.29. The minimum Gasteiger partial charge on any atom is -0.368 e. The maximum absolute atomic E-state index is 5.57. The van der Waals surface area contributed by atoms with E-state index in [4.69, 9.17) is 5.73 Å². The molecule has 2 rings (SSSR count). The summed E-state index contributed by atoms with van der Waals surface area (Å²) in [4.78, 5) is 15.1. The first-order chi connectivity index (χ1) is 7.81. The number of aromatic nitrogens is 4. The van der Waals surface area contributed by atoms with Gasteiger partial charge in [0.1, 0.15) is 5.52 Å². The van der Waals surface area contributed by atoms with E-state index < -0.39 is 0 Å². The highest BCUT2D eigenvalue weighted by Crippen LogP contribution is 2.16. The first-order valence-corrected chi connectivity index (χ1v) is 4.91.